The number of aryl methyl sites for hydroxylation is 1. The summed E-state index contributed by atoms with van der Waals surface area (Å²) in [6.45, 7) is 2.03. The topological polar surface area (TPSA) is 68.4 Å². The van der Waals surface area contributed by atoms with Crippen LogP contribution >= 0.6 is 11.6 Å². The number of hydrogen-bond acceptors (Lipinski definition) is 4. The largest absolute Gasteiger partial charge is 0.494 e. The first-order valence-electron chi connectivity index (χ1n) is 7.27. The Balaban J connectivity index is 1.63. The smallest absolute Gasteiger partial charge is 0.306 e. The second-order valence-electron chi connectivity index (χ2n) is 5.03. The Morgan fingerprint density at radius 1 is 1.26 bits per heavy atom. The Kier molecular flexibility index (Phi) is 6.23. The predicted octanol–water partition coefficient (Wildman–Crippen LogP) is 3.56. The Hall–Kier alpha value is -2.27. The molecule has 0 saturated carbocycles. The molecule has 1 aromatic carbocycles. The molecule has 23 heavy (non-hydrogen) atoms. The number of aromatic amines is 1. The molecular formula is C17H18ClNO4. The molecule has 0 radical (unpaired) electrons. The van der Waals surface area contributed by atoms with Gasteiger partial charge in [-0.05, 0) is 49.2 Å². The molecule has 0 aliphatic carbocycles. The molecule has 5 nitrogen and oxygen atoms in total. The maximum atomic E-state index is 11.6. The maximum absolute atomic E-state index is 11.6. The number of ether oxygens (including phenoxy) is 2. The van der Waals surface area contributed by atoms with Gasteiger partial charge in [-0.3, -0.25) is 9.59 Å². The van der Waals surface area contributed by atoms with Crippen molar-refractivity contribution in [1.29, 1.82) is 0 Å². The molecule has 1 heterocycles. The monoisotopic (exact) mass is 335 g/mol. The van der Waals surface area contributed by atoms with E-state index in [9.17, 15) is 9.59 Å². The van der Waals surface area contributed by atoms with Gasteiger partial charge in [0, 0.05) is 17.6 Å². The van der Waals surface area contributed by atoms with E-state index in [1.165, 1.54) is 0 Å². The molecule has 1 N–H and O–H groups in total. The molecule has 1 aromatic heterocycles. The van der Waals surface area contributed by atoms with Crippen LogP contribution < -0.4 is 4.74 Å². The van der Waals surface area contributed by atoms with Crippen LogP contribution in [0.15, 0.2) is 36.5 Å². The van der Waals surface area contributed by atoms with Gasteiger partial charge in [-0.15, -0.1) is 0 Å². The van der Waals surface area contributed by atoms with Crippen molar-refractivity contribution in [3.8, 4) is 5.75 Å². The van der Waals surface area contributed by atoms with Crippen molar-refractivity contribution in [2.24, 2.45) is 0 Å². The number of ketones is 1. The van der Waals surface area contributed by atoms with Gasteiger partial charge in [0.1, 0.15) is 5.75 Å². The molecule has 122 valence electrons. The molecule has 0 aliphatic rings. The fourth-order valence-electron chi connectivity index (χ4n) is 1.91. The minimum absolute atomic E-state index is 0.199. The number of carbonyl (C=O) groups is 2. The number of carbonyl (C=O) groups excluding carboxylic acids is 2. The van der Waals surface area contributed by atoms with Crippen LogP contribution in [0.25, 0.3) is 0 Å². The molecular weight excluding hydrogens is 318 g/mol. The summed E-state index contributed by atoms with van der Waals surface area (Å²) in [6.07, 6.45) is 2.35. The molecule has 0 bridgehead atoms. The summed E-state index contributed by atoms with van der Waals surface area (Å²) in [6, 6.07) is 8.74. The molecule has 0 aliphatic heterocycles. The minimum Gasteiger partial charge on any atom is -0.494 e. The molecule has 0 saturated heterocycles. The Morgan fingerprint density at radius 2 is 2.09 bits per heavy atom. The summed E-state index contributed by atoms with van der Waals surface area (Å²) in [4.78, 5) is 26.0. The zero-order valence-corrected chi connectivity index (χ0v) is 13.6. The fourth-order valence-corrected chi connectivity index (χ4v) is 2.03. The second kappa shape index (κ2) is 8.39. The van der Waals surface area contributed by atoms with Gasteiger partial charge in [0.25, 0.3) is 0 Å². The van der Waals surface area contributed by atoms with E-state index in [0.717, 1.165) is 5.56 Å². The number of Topliss-reactive ketones (excluding diaryl/α,β-unsaturated/α-hetero) is 1. The van der Waals surface area contributed by atoms with Crippen LogP contribution in [-0.4, -0.2) is 30.0 Å². The first-order chi connectivity index (χ1) is 11.1. The number of hydrogen-bond donors (Lipinski definition) is 1. The third-order valence-corrected chi connectivity index (χ3v) is 3.61. The minimum atomic E-state index is -0.416. The number of halogens is 1. The van der Waals surface area contributed by atoms with Gasteiger partial charge in [0.2, 0.25) is 5.78 Å². The van der Waals surface area contributed by atoms with Crippen molar-refractivity contribution < 1.29 is 19.1 Å². The third-order valence-electron chi connectivity index (χ3n) is 3.19. The Labute approximate surface area is 139 Å². The Bertz CT molecular complexity index is 667. The van der Waals surface area contributed by atoms with E-state index in [-0.39, 0.29) is 18.8 Å². The van der Waals surface area contributed by atoms with Crippen LogP contribution in [0.5, 0.6) is 5.75 Å². The van der Waals surface area contributed by atoms with Gasteiger partial charge < -0.3 is 14.5 Å². The average molecular weight is 336 g/mol. The van der Waals surface area contributed by atoms with E-state index >= 15 is 0 Å². The number of nitrogens with one attached hydrogen (secondary N) is 1. The van der Waals surface area contributed by atoms with Gasteiger partial charge in [-0.25, -0.2) is 0 Å². The van der Waals surface area contributed by atoms with Gasteiger partial charge in [0.15, 0.2) is 6.61 Å². The highest BCUT2D eigenvalue weighted by molar-refractivity contribution is 6.31. The number of rotatable bonds is 8. The van der Waals surface area contributed by atoms with Crippen LogP contribution in [0.1, 0.15) is 28.9 Å². The number of H-pyrrole nitrogens is 1. The molecule has 0 atom stereocenters. The molecule has 0 fully saturated rings. The van der Waals surface area contributed by atoms with Crippen LogP contribution in [0, 0.1) is 6.92 Å². The van der Waals surface area contributed by atoms with E-state index in [0.29, 0.717) is 29.5 Å². The first kappa shape index (κ1) is 17.1. The van der Waals surface area contributed by atoms with Crippen molar-refractivity contribution in [3.63, 3.8) is 0 Å². The van der Waals surface area contributed by atoms with Gasteiger partial charge in [-0.1, -0.05) is 11.6 Å². The average Bonchev–Trinajstić information content (AvgIpc) is 3.07. The molecule has 6 heteroatoms. The zero-order chi connectivity index (χ0) is 16.7. The van der Waals surface area contributed by atoms with Gasteiger partial charge in [0.05, 0.1) is 12.3 Å². The van der Waals surface area contributed by atoms with Crippen LogP contribution in [0.4, 0.5) is 0 Å². The lowest BCUT2D eigenvalue weighted by atomic mass is 10.2. The highest BCUT2D eigenvalue weighted by Crippen LogP contribution is 2.21. The first-order valence-corrected chi connectivity index (χ1v) is 7.65. The van der Waals surface area contributed by atoms with Crippen molar-refractivity contribution in [2.45, 2.75) is 19.8 Å². The SMILES string of the molecule is Cc1cc(OCCCC(=O)OCC(=O)c2ccc[nH]2)ccc1Cl. The van der Waals surface area contributed by atoms with Crippen LogP contribution in [0.3, 0.4) is 0 Å². The standard InChI is InChI=1S/C17H18ClNO4/c1-12-10-13(6-7-14(12)18)22-9-3-5-17(21)23-11-16(20)15-4-2-8-19-15/h2,4,6-8,10,19H,3,5,9,11H2,1H3. The summed E-state index contributed by atoms with van der Waals surface area (Å²) in [5.74, 6) is 0.0409. The summed E-state index contributed by atoms with van der Waals surface area (Å²) in [5, 5.41) is 0.688. The lowest BCUT2D eigenvalue weighted by Crippen LogP contribution is -2.15. The van der Waals surface area contributed by atoms with Gasteiger partial charge in [-0.2, -0.15) is 0 Å². The normalized spacial score (nSPS) is 10.3. The third kappa shape index (κ3) is 5.45. The van der Waals surface area contributed by atoms with Crippen LogP contribution in [-0.2, 0) is 9.53 Å². The quantitative estimate of drug-likeness (QED) is 0.455. The molecule has 0 spiro atoms. The van der Waals surface area contributed by atoms with Crippen LogP contribution in [0.2, 0.25) is 5.02 Å². The zero-order valence-electron chi connectivity index (χ0n) is 12.8. The van der Waals surface area contributed by atoms with E-state index in [4.69, 9.17) is 21.1 Å². The van der Waals surface area contributed by atoms with Crippen molar-refractivity contribution in [3.05, 3.63) is 52.8 Å². The second-order valence-corrected chi connectivity index (χ2v) is 5.44. The summed E-state index contributed by atoms with van der Waals surface area (Å²) in [7, 11) is 0. The summed E-state index contributed by atoms with van der Waals surface area (Å²) < 4.78 is 10.5. The van der Waals surface area contributed by atoms with E-state index in [1.54, 1.807) is 30.5 Å². The van der Waals surface area contributed by atoms with E-state index in [1.807, 2.05) is 13.0 Å². The number of benzene rings is 1. The maximum Gasteiger partial charge on any atom is 0.306 e. The van der Waals surface area contributed by atoms with E-state index in [2.05, 4.69) is 4.98 Å². The predicted molar refractivity (Wildman–Crippen MR) is 87.0 cm³/mol. The molecule has 2 aromatic rings. The highest BCUT2D eigenvalue weighted by atomic mass is 35.5. The van der Waals surface area contributed by atoms with Crippen molar-refractivity contribution in [2.75, 3.05) is 13.2 Å². The van der Waals surface area contributed by atoms with Crippen molar-refractivity contribution >= 4 is 23.4 Å². The lowest BCUT2D eigenvalue weighted by molar-refractivity contribution is -0.142. The number of esters is 1. The number of aromatic nitrogens is 1. The fraction of sp³-hybridized carbons (Fsp3) is 0.294. The Morgan fingerprint density at radius 3 is 2.78 bits per heavy atom. The highest BCUT2D eigenvalue weighted by Gasteiger charge is 2.10. The summed E-state index contributed by atoms with van der Waals surface area (Å²) in [5.41, 5.74) is 1.37. The van der Waals surface area contributed by atoms with Gasteiger partial charge >= 0.3 is 5.97 Å². The summed E-state index contributed by atoms with van der Waals surface area (Å²) >= 11 is 5.93. The molecule has 0 unspecified atom stereocenters. The lowest BCUT2D eigenvalue weighted by Gasteiger charge is -2.07. The van der Waals surface area contributed by atoms with Crippen molar-refractivity contribution in [1.82, 2.24) is 4.98 Å². The molecule has 2 rings (SSSR count). The molecule has 0 amide bonds. The van der Waals surface area contributed by atoms with E-state index < -0.39 is 5.97 Å².